The number of esters is 1. The van der Waals surface area contributed by atoms with Crippen molar-refractivity contribution >= 4 is 22.8 Å². The Morgan fingerprint density at radius 1 is 0.921 bits per heavy atom. The number of ether oxygens (including phenoxy) is 2. The van der Waals surface area contributed by atoms with Crippen molar-refractivity contribution in [1.29, 1.82) is 0 Å². The van der Waals surface area contributed by atoms with E-state index in [1.807, 2.05) is 35.6 Å². The molecule has 0 saturated heterocycles. The van der Waals surface area contributed by atoms with Gasteiger partial charge in [-0.15, -0.1) is 0 Å². The molecule has 0 spiro atoms. The average Bonchev–Trinajstić information content (AvgIpc) is 2.91. The van der Waals surface area contributed by atoms with E-state index in [0.717, 1.165) is 24.3 Å². The molecule has 3 aromatic carbocycles. The topological polar surface area (TPSA) is 77.5 Å². The molecule has 0 fully saturated rings. The summed E-state index contributed by atoms with van der Waals surface area (Å²) in [5, 5.41) is 2.02. The average molecular weight is 526 g/mol. The van der Waals surface area contributed by atoms with Crippen LogP contribution >= 0.6 is 0 Å². The summed E-state index contributed by atoms with van der Waals surface area (Å²) < 4.78 is 62.6. The molecule has 38 heavy (non-hydrogen) atoms. The van der Waals surface area contributed by atoms with Crippen molar-refractivity contribution in [3.8, 4) is 5.75 Å². The van der Waals surface area contributed by atoms with Crippen LogP contribution in [0.1, 0.15) is 37.4 Å². The number of fused-ring (bicyclic) bond motifs is 1. The molecule has 1 heterocycles. The summed E-state index contributed by atoms with van der Waals surface area (Å²) in [5.41, 5.74) is 1.88. The van der Waals surface area contributed by atoms with Gasteiger partial charge in [-0.3, -0.25) is 9.78 Å². The van der Waals surface area contributed by atoms with E-state index in [0.29, 0.717) is 12.0 Å². The lowest BCUT2D eigenvalue weighted by molar-refractivity contribution is -0.123. The van der Waals surface area contributed by atoms with Gasteiger partial charge in [0.2, 0.25) is 0 Å². The van der Waals surface area contributed by atoms with E-state index < -0.39 is 30.4 Å². The summed E-state index contributed by atoms with van der Waals surface area (Å²) >= 11 is 0. The standard InChI is InChI=1S/C28H22F4N2O4/c1-37-27(36)23-13-22(26(35)34-16-28(30,31)32)21-12-19(11-17-7-9-20(29)10-8-17)14-33-24(21)25(23)38-15-18-5-3-2-4-6-18/h2-10,12-14H,11,15-16H2,1H3,(H,34,35). The van der Waals surface area contributed by atoms with Gasteiger partial charge < -0.3 is 14.8 Å². The van der Waals surface area contributed by atoms with Crippen LogP contribution in [0.5, 0.6) is 5.75 Å². The summed E-state index contributed by atoms with van der Waals surface area (Å²) in [7, 11) is 1.14. The molecule has 10 heteroatoms. The molecular formula is C28H22F4N2O4. The second-order valence-corrected chi connectivity index (χ2v) is 8.41. The Kier molecular flexibility index (Phi) is 7.90. The first-order chi connectivity index (χ1) is 18.1. The number of benzene rings is 3. The highest BCUT2D eigenvalue weighted by Crippen LogP contribution is 2.34. The number of pyridine rings is 1. The van der Waals surface area contributed by atoms with E-state index in [2.05, 4.69) is 4.98 Å². The molecule has 4 rings (SSSR count). The van der Waals surface area contributed by atoms with Gasteiger partial charge in [-0.1, -0.05) is 42.5 Å². The van der Waals surface area contributed by atoms with E-state index in [1.165, 1.54) is 18.3 Å². The fourth-order valence-corrected chi connectivity index (χ4v) is 3.85. The van der Waals surface area contributed by atoms with Crippen molar-refractivity contribution in [2.45, 2.75) is 19.2 Å². The number of hydrogen-bond donors (Lipinski definition) is 1. The Labute approximate surface area is 215 Å². The molecule has 0 unspecified atom stereocenters. The number of carbonyl (C=O) groups excluding carboxylic acids is 2. The predicted molar refractivity (Wildman–Crippen MR) is 131 cm³/mol. The maximum atomic E-state index is 13.3. The molecule has 0 aliphatic heterocycles. The summed E-state index contributed by atoms with van der Waals surface area (Å²) in [6.45, 7) is -1.51. The molecule has 0 saturated carbocycles. The van der Waals surface area contributed by atoms with E-state index in [1.54, 1.807) is 18.2 Å². The zero-order chi connectivity index (χ0) is 27.3. The Morgan fingerprint density at radius 3 is 2.29 bits per heavy atom. The van der Waals surface area contributed by atoms with Gasteiger partial charge >= 0.3 is 12.1 Å². The number of amides is 1. The molecule has 4 aromatic rings. The van der Waals surface area contributed by atoms with Crippen LogP contribution < -0.4 is 10.1 Å². The summed E-state index contributed by atoms with van der Waals surface area (Å²) in [4.78, 5) is 30.0. The highest BCUT2D eigenvalue weighted by atomic mass is 19.4. The van der Waals surface area contributed by atoms with Crippen LogP contribution in [0.2, 0.25) is 0 Å². The van der Waals surface area contributed by atoms with Crippen molar-refractivity contribution in [2.75, 3.05) is 13.7 Å². The van der Waals surface area contributed by atoms with Gasteiger partial charge in [0.25, 0.3) is 5.91 Å². The third kappa shape index (κ3) is 6.44. The minimum Gasteiger partial charge on any atom is -0.486 e. The lowest BCUT2D eigenvalue weighted by Gasteiger charge is -2.17. The number of alkyl halides is 3. The predicted octanol–water partition coefficient (Wildman–Crippen LogP) is 5.62. The number of halogens is 4. The maximum Gasteiger partial charge on any atom is 0.405 e. The van der Waals surface area contributed by atoms with Crippen LogP contribution in [0.15, 0.2) is 72.9 Å². The maximum absolute atomic E-state index is 13.3. The highest BCUT2D eigenvalue weighted by Gasteiger charge is 2.29. The fourth-order valence-electron chi connectivity index (χ4n) is 3.85. The van der Waals surface area contributed by atoms with Crippen molar-refractivity contribution in [1.82, 2.24) is 10.3 Å². The molecule has 0 bridgehead atoms. The summed E-state index contributed by atoms with van der Waals surface area (Å²) in [5.74, 6) is -2.27. The SMILES string of the molecule is COC(=O)c1cc(C(=O)NCC(F)(F)F)c2cc(Cc3ccc(F)cc3)cnc2c1OCc1ccccc1. The monoisotopic (exact) mass is 526 g/mol. The first-order valence-corrected chi connectivity index (χ1v) is 11.4. The zero-order valence-electron chi connectivity index (χ0n) is 20.1. The number of nitrogens with one attached hydrogen (secondary N) is 1. The molecule has 196 valence electrons. The molecule has 6 nitrogen and oxygen atoms in total. The number of carbonyl (C=O) groups is 2. The number of nitrogens with zero attached hydrogens (tertiary/aromatic N) is 1. The molecule has 1 aromatic heterocycles. The van der Waals surface area contributed by atoms with Gasteiger partial charge in [-0.2, -0.15) is 13.2 Å². The van der Waals surface area contributed by atoms with Gasteiger partial charge in [0, 0.05) is 17.1 Å². The Morgan fingerprint density at radius 2 is 1.63 bits per heavy atom. The highest BCUT2D eigenvalue weighted by molar-refractivity contribution is 6.11. The van der Waals surface area contributed by atoms with Crippen molar-refractivity contribution in [3.63, 3.8) is 0 Å². The van der Waals surface area contributed by atoms with Crippen LogP contribution in [-0.2, 0) is 17.8 Å². The Bertz CT molecular complexity index is 1460. The first kappa shape index (κ1) is 26.6. The number of methoxy groups -OCH3 is 1. The lowest BCUT2D eigenvalue weighted by Crippen LogP contribution is -2.34. The van der Waals surface area contributed by atoms with E-state index in [9.17, 15) is 27.2 Å². The number of rotatable bonds is 8. The van der Waals surface area contributed by atoms with E-state index >= 15 is 0 Å². The molecule has 0 aliphatic carbocycles. The van der Waals surface area contributed by atoms with Crippen LogP contribution in [-0.4, -0.2) is 36.7 Å². The second kappa shape index (κ2) is 11.3. The molecule has 1 N–H and O–H groups in total. The summed E-state index contributed by atoms with van der Waals surface area (Å²) in [6.07, 6.45) is -2.83. The fraction of sp³-hybridized carbons (Fsp3) is 0.179. The van der Waals surface area contributed by atoms with Gasteiger partial charge in [0.05, 0.1) is 7.11 Å². The number of hydrogen-bond acceptors (Lipinski definition) is 5. The zero-order valence-corrected chi connectivity index (χ0v) is 20.1. The van der Waals surface area contributed by atoms with Crippen LogP contribution in [0.25, 0.3) is 10.9 Å². The van der Waals surface area contributed by atoms with Crippen molar-refractivity contribution in [3.05, 3.63) is 107 Å². The van der Waals surface area contributed by atoms with E-state index in [4.69, 9.17) is 9.47 Å². The van der Waals surface area contributed by atoms with Gasteiger partial charge in [-0.05, 0) is 47.4 Å². The lowest BCUT2D eigenvalue weighted by atomic mass is 9.98. The molecule has 1 amide bonds. The van der Waals surface area contributed by atoms with Crippen molar-refractivity contribution < 1.29 is 36.6 Å². The van der Waals surface area contributed by atoms with Crippen LogP contribution in [0, 0.1) is 5.82 Å². The third-order valence-electron chi connectivity index (χ3n) is 5.63. The third-order valence-corrected chi connectivity index (χ3v) is 5.63. The quantitative estimate of drug-likeness (QED) is 0.238. The van der Waals surface area contributed by atoms with Crippen LogP contribution in [0.4, 0.5) is 17.6 Å². The molecule has 0 aliphatic rings. The Balaban J connectivity index is 1.83. The largest absolute Gasteiger partial charge is 0.486 e. The molecule has 0 atom stereocenters. The smallest absolute Gasteiger partial charge is 0.405 e. The Hall–Kier alpha value is -4.47. The summed E-state index contributed by atoms with van der Waals surface area (Å²) in [6, 6.07) is 17.6. The molecule has 0 radical (unpaired) electrons. The van der Waals surface area contributed by atoms with Gasteiger partial charge in [0.1, 0.15) is 30.0 Å². The minimum absolute atomic E-state index is 0.0245. The normalized spacial score (nSPS) is 11.3. The molecular weight excluding hydrogens is 504 g/mol. The van der Waals surface area contributed by atoms with Crippen LogP contribution in [0.3, 0.4) is 0 Å². The van der Waals surface area contributed by atoms with Crippen molar-refractivity contribution in [2.24, 2.45) is 0 Å². The van der Waals surface area contributed by atoms with Gasteiger partial charge in [0.15, 0.2) is 5.75 Å². The first-order valence-electron chi connectivity index (χ1n) is 11.4. The van der Waals surface area contributed by atoms with E-state index in [-0.39, 0.29) is 34.4 Å². The minimum atomic E-state index is -4.64. The van der Waals surface area contributed by atoms with Gasteiger partial charge in [-0.25, -0.2) is 9.18 Å². The second-order valence-electron chi connectivity index (χ2n) is 8.41. The number of aromatic nitrogens is 1.